The number of aliphatic hydroxyl groups is 1. The van der Waals surface area contributed by atoms with E-state index >= 15 is 0 Å². The zero-order valence-electron chi connectivity index (χ0n) is 12.1. The van der Waals surface area contributed by atoms with Gasteiger partial charge in [0.05, 0.1) is 12.2 Å². The summed E-state index contributed by atoms with van der Waals surface area (Å²) in [5.74, 6) is 0.865. The lowest BCUT2D eigenvalue weighted by Crippen LogP contribution is -2.37. The first-order valence-corrected chi connectivity index (χ1v) is 7.16. The zero-order chi connectivity index (χ0) is 13.9. The molecule has 0 aliphatic carbocycles. The van der Waals surface area contributed by atoms with Gasteiger partial charge in [-0.05, 0) is 31.2 Å². The standard InChI is InChI=1S/C16H24O3/c1-4-16(5-2,18-3)15(17)13-10-6-8-12-9-7-11-19-14(12)13/h6,8,10,15,17H,4-5,7,9,11H2,1-3H3. The molecule has 1 heterocycles. The highest BCUT2D eigenvalue weighted by Crippen LogP contribution is 2.41. The number of fused-ring (bicyclic) bond motifs is 1. The van der Waals surface area contributed by atoms with Gasteiger partial charge in [0.2, 0.25) is 0 Å². The van der Waals surface area contributed by atoms with Crippen LogP contribution in [0, 0.1) is 0 Å². The van der Waals surface area contributed by atoms with Crippen LogP contribution in [-0.4, -0.2) is 24.4 Å². The molecule has 0 spiro atoms. The Hall–Kier alpha value is -1.06. The van der Waals surface area contributed by atoms with Crippen molar-refractivity contribution in [2.45, 2.75) is 51.2 Å². The van der Waals surface area contributed by atoms with Crippen molar-refractivity contribution < 1.29 is 14.6 Å². The SMILES string of the molecule is CCC(CC)(OC)C(O)c1cccc2c1OCCC2. The summed E-state index contributed by atoms with van der Waals surface area (Å²) in [4.78, 5) is 0. The summed E-state index contributed by atoms with van der Waals surface area (Å²) < 4.78 is 11.4. The molecule has 1 atom stereocenters. The molecule has 0 amide bonds. The molecule has 106 valence electrons. The number of ether oxygens (including phenoxy) is 2. The molecule has 19 heavy (non-hydrogen) atoms. The van der Waals surface area contributed by atoms with Crippen molar-refractivity contribution in [3.05, 3.63) is 29.3 Å². The molecule has 1 N–H and O–H groups in total. The Labute approximate surface area is 115 Å². The third-order valence-corrected chi connectivity index (χ3v) is 4.36. The van der Waals surface area contributed by atoms with Crippen molar-refractivity contribution >= 4 is 0 Å². The van der Waals surface area contributed by atoms with E-state index in [9.17, 15) is 5.11 Å². The van der Waals surface area contributed by atoms with E-state index in [0.717, 1.165) is 43.6 Å². The van der Waals surface area contributed by atoms with Crippen LogP contribution in [0.25, 0.3) is 0 Å². The first-order valence-electron chi connectivity index (χ1n) is 7.16. The maximum Gasteiger partial charge on any atom is 0.128 e. The number of benzene rings is 1. The minimum Gasteiger partial charge on any atom is -0.493 e. The molecule has 1 unspecified atom stereocenters. The summed E-state index contributed by atoms with van der Waals surface area (Å²) in [6.45, 7) is 4.83. The van der Waals surface area contributed by atoms with Gasteiger partial charge in [0, 0.05) is 12.7 Å². The van der Waals surface area contributed by atoms with Gasteiger partial charge >= 0.3 is 0 Å². The van der Waals surface area contributed by atoms with Gasteiger partial charge in [-0.2, -0.15) is 0 Å². The molecule has 0 bridgehead atoms. The first-order chi connectivity index (χ1) is 9.18. The van der Waals surface area contributed by atoms with Crippen molar-refractivity contribution in [1.29, 1.82) is 0 Å². The lowest BCUT2D eigenvalue weighted by molar-refractivity contribution is -0.110. The van der Waals surface area contributed by atoms with Gasteiger partial charge in [0.1, 0.15) is 11.9 Å². The number of aliphatic hydroxyl groups excluding tert-OH is 1. The van der Waals surface area contributed by atoms with Gasteiger partial charge in [-0.25, -0.2) is 0 Å². The fourth-order valence-corrected chi connectivity index (χ4v) is 2.95. The number of aryl methyl sites for hydroxylation is 1. The van der Waals surface area contributed by atoms with Gasteiger partial charge in [-0.1, -0.05) is 32.0 Å². The lowest BCUT2D eigenvalue weighted by atomic mass is 9.84. The minimum absolute atomic E-state index is 0.532. The number of para-hydroxylation sites is 1. The molecular weight excluding hydrogens is 240 g/mol. The van der Waals surface area contributed by atoms with Gasteiger partial charge < -0.3 is 14.6 Å². The largest absolute Gasteiger partial charge is 0.493 e. The van der Waals surface area contributed by atoms with E-state index in [1.54, 1.807) is 7.11 Å². The smallest absolute Gasteiger partial charge is 0.128 e. The zero-order valence-corrected chi connectivity index (χ0v) is 12.1. The summed E-state index contributed by atoms with van der Waals surface area (Å²) in [5, 5.41) is 10.8. The second kappa shape index (κ2) is 5.93. The molecule has 2 rings (SSSR count). The molecule has 3 heteroatoms. The van der Waals surface area contributed by atoms with Crippen molar-refractivity contribution in [3.63, 3.8) is 0 Å². The van der Waals surface area contributed by atoms with E-state index in [-0.39, 0.29) is 0 Å². The van der Waals surface area contributed by atoms with Gasteiger partial charge in [0.25, 0.3) is 0 Å². The number of hydrogen-bond donors (Lipinski definition) is 1. The van der Waals surface area contributed by atoms with Crippen LogP contribution in [0.2, 0.25) is 0 Å². The molecule has 0 radical (unpaired) electrons. The van der Waals surface area contributed by atoms with Crippen molar-refractivity contribution in [1.82, 2.24) is 0 Å². The van der Waals surface area contributed by atoms with Crippen LogP contribution >= 0.6 is 0 Å². The van der Waals surface area contributed by atoms with Gasteiger partial charge in [-0.15, -0.1) is 0 Å². The summed E-state index contributed by atoms with van der Waals surface area (Å²) in [5.41, 5.74) is 1.53. The molecule has 1 aliphatic heterocycles. The van der Waals surface area contributed by atoms with E-state index in [1.807, 2.05) is 26.0 Å². The topological polar surface area (TPSA) is 38.7 Å². The first kappa shape index (κ1) is 14.4. The molecule has 1 aromatic rings. The molecule has 0 saturated heterocycles. The number of rotatable bonds is 5. The Morgan fingerprint density at radius 3 is 2.74 bits per heavy atom. The van der Waals surface area contributed by atoms with E-state index in [4.69, 9.17) is 9.47 Å². The highest BCUT2D eigenvalue weighted by atomic mass is 16.5. The van der Waals surface area contributed by atoms with E-state index < -0.39 is 11.7 Å². The highest BCUT2D eigenvalue weighted by molar-refractivity contribution is 5.44. The number of methoxy groups -OCH3 is 1. The number of hydrogen-bond acceptors (Lipinski definition) is 3. The van der Waals surface area contributed by atoms with E-state index in [2.05, 4.69) is 6.07 Å². The molecule has 1 aliphatic rings. The maximum absolute atomic E-state index is 10.8. The van der Waals surface area contributed by atoms with Crippen molar-refractivity contribution in [2.75, 3.05) is 13.7 Å². The Morgan fingerprint density at radius 2 is 2.11 bits per heavy atom. The second-order valence-electron chi connectivity index (χ2n) is 5.17. The molecule has 1 aromatic carbocycles. The molecule has 3 nitrogen and oxygen atoms in total. The van der Waals surface area contributed by atoms with E-state index in [1.165, 1.54) is 5.56 Å². The average molecular weight is 264 g/mol. The van der Waals surface area contributed by atoms with E-state index in [0.29, 0.717) is 0 Å². The fourth-order valence-electron chi connectivity index (χ4n) is 2.95. The maximum atomic E-state index is 10.8. The van der Waals surface area contributed by atoms with Crippen molar-refractivity contribution in [2.24, 2.45) is 0 Å². The predicted octanol–water partition coefficient (Wildman–Crippen LogP) is 3.25. The summed E-state index contributed by atoms with van der Waals surface area (Å²) in [6, 6.07) is 6.03. The minimum atomic E-state index is -0.652. The lowest BCUT2D eigenvalue weighted by Gasteiger charge is -2.36. The van der Waals surface area contributed by atoms with Crippen LogP contribution in [0.5, 0.6) is 5.75 Å². The molecule has 0 fully saturated rings. The van der Waals surface area contributed by atoms with Crippen LogP contribution in [-0.2, 0) is 11.2 Å². The average Bonchev–Trinajstić information content (AvgIpc) is 2.49. The highest BCUT2D eigenvalue weighted by Gasteiger charge is 2.37. The van der Waals surface area contributed by atoms with Crippen LogP contribution in [0.3, 0.4) is 0 Å². The van der Waals surface area contributed by atoms with Gasteiger partial charge in [0.15, 0.2) is 0 Å². The van der Waals surface area contributed by atoms with Crippen LogP contribution in [0.15, 0.2) is 18.2 Å². The van der Waals surface area contributed by atoms with Crippen LogP contribution in [0.4, 0.5) is 0 Å². The Balaban J connectivity index is 2.41. The third-order valence-electron chi connectivity index (χ3n) is 4.36. The molecule has 0 saturated carbocycles. The van der Waals surface area contributed by atoms with Crippen LogP contribution in [0.1, 0.15) is 50.3 Å². The monoisotopic (exact) mass is 264 g/mol. The van der Waals surface area contributed by atoms with Crippen molar-refractivity contribution in [3.8, 4) is 5.75 Å². The van der Waals surface area contributed by atoms with Crippen LogP contribution < -0.4 is 4.74 Å². The summed E-state index contributed by atoms with van der Waals surface area (Å²) in [6.07, 6.45) is 2.95. The second-order valence-corrected chi connectivity index (χ2v) is 5.17. The fraction of sp³-hybridized carbons (Fsp3) is 0.625. The summed E-state index contributed by atoms with van der Waals surface area (Å²) >= 11 is 0. The normalized spacial score (nSPS) is 16.6. The predicted molar refractivity (Wildman–Crippen MR) is 75.5 cm³/mol. The Kier molecular flexibility index (Phi) is 4.48. The van der Waals surface area contributed by atoms with Gasteiger partial charge in [-0.3, -0.25) is 0 Å². The third kappa shape index (κ3) is 2.49. The summed E-state index contributed by atoms with van der Waals surface area (Å²) in [7, 11) is 1.67. The quantitative estimate of drug-likeness (QED) is 0.887. The molecule has 0 aromatic heterocycles. The Morgan fingerprint density at radius 1 is 1.37 bits per heavy atom. The molecular formula is C16H24O3. The Bertz CT molecular complexity index is 416.